The van der Waals surface area contributed by atoms with Crippen LogP contribution in [0.2, 0.25) is 0 Å². The summed E-state index contributed by atoms with van der Waals surface area (Å²) in [5.74, 6) is 1.72. The van der Waals surface area contributed by atoms with E-state index < -0.39 is 0 Å². The second kappa shape index (κ2) is 8.74. The molecule has 0 atom stereocenters. The van der Waals surface area contributed by atoms with E-state index >= 15 is 0 Å². The summed E-state index contributed by atoms with van der Waals surface area (Å²) in [6.07, 6.45) is 1.74. The molecule has 4 rings (SSSR count). The number of hydrazone groups is 1. The number of hydrogen-bond acceptors (Lipinski definition) is 9. The number of nitrogens with zero attached hydrogens (tertiary/aromatic N) is 6. The number of anilines is 3. The lowest BCUT2D eigenvalue weighted by Crippen LogP contribution is -2.40. The molecule has 9 heteroatoms. The number of morpholine rings is 2. The van der Waals surface area contributed by atoms with E-state index in [2.05, 4.69) is 35.3 Å². The highest BCUT2D eigenvalue weighted by Gasteiger charge is 2.20. The van der Waals surface area contributed by atoms with Gasteiger partial charge in [0, 0.05) is 26.2 Å². The minimum Gasteiger partial charge on any atom is -0.378 e. The summed E-state index contributed by atoms with van der Waals surface area (Å²) in [4.78, 5) is 18.0. The first kappa shape index (κ1) is 17.6. The van der Waals surface area contributed by atoms with Gasteiger partial charge in [-0.2, -0.15) is 20.1 Å². The standard InChI is InChI=1S/C18H23N7O2/c1-2-4-15(5-3-1)14-19-23-16-20-17(24-6-10-26-11-7-24)22-18(21-16)25-8-12-27-13-9-25/h1-5,14H,6-13H2,(H,20,21,22,23)/b19-14-. The van der Waals surface area contributed by atoms with Crippen molar-refractivity contribution in [2.45, 2.75) is 0 Å². The maximum Gasteiger partial charge on any atom is 0.250 e. The van der Waals surface area contributed by atoms with Crippen LogP contribution in [0.4, 0.5) is 17.8 Å². The topological polar surface area (TPSA) is 88.0 Å². The van der Waals surface area contributed by atoms with Crippen molar-refractivity contribution in [3.8, 4) is 0 Å². The van der Waals surface area contributed by atoms with Gasteiger partial charge in [0.05, 0.1) is 32.6 Å². The van der Waals surface area contributed by atoms with Gasteiger partial charge in [-0.05, 0) is 5.56 Å². The van der Waals surface area contributed by atoms with Crippen molar-refractivity contribution in [3.63, 3.8) is 0 Å². The molecule has 1 N–H and O–H groups in total. The molecule has 0 radical (unpaired) electrons. The van der Waals surface area contributed by atoms with E-state index in [9.17, 15) is 0 Å². The van der Waals surface area contributed by atoms with Crippen LogP contribution in [0.5, 0.6) is 0 Å². The van der Waals surface area contributed by atoms with Crippen LogP contribution in [-0.4, -0.2) is 73.8 Å². The number of rotatable bonds is 5. The Hall–Kier alpha value is -2.78. The molecule has 0 saturated carbocycles. The lowest BCUT2D eigenvalue weighted by molar-refractivity contribution is 0.121. The van der Waals surface area contributed by atoms with E-state index in [4.69, 9.17) is 9.47 Å². The number of aromatic nitrogens is 3. The molecule has 9 nitrogen and oxygen atoms in total. The third kappa shape index (κ3) is 4.69. The van der Waals surface area contributed by atoms with Crippen LogP contribution in [-0.2, 0) is 9.47 Å². The molecule has 2 saturated heterocycles. The lowest BCUT2D eigenvalue weighted by Gasteiger charge is -2.30. The Labute approximate surface area is 158 Å². The van der Waals surface area contributed by atoms with Crippen molar-refractivity contribution in [1.82, 2.24) is 15.0 Å². The van der Waals surface area contributed by atoms with Gasteiger partial charge in [0.15, 0.2) is 0 Å². The number of nitrogens with one attached hydrogen (secondary N) is 1. The first-order valence-corrected chi connectivity index (χ1v) is 9.14. The van der Waals surface area contributed by atoms with E-state index in [-0.39, 0.29) is 0 Å². The fraction of sp³-hybridized carbons (Fsp3) is 0.444. The minimum atomic E-state index is 0.431. The van der Waals surface area contributed by atoms with Crippen LogP contribution in [0.15, 0.2) is 35.4 Å². The van der Waals surface area contributed by atoms with Gasteiger partial charge in [-0.25, -0.2) is 5.43 Å². The average Bonchev–Trinajstić information content (AvgIpc) is 2.76. The van der Waals surface area contributed by atoms with Gasteiger partial charge in [-0.15, -0.1) is 0 Å². The van der Waals surface area contributed by atoms with Crippen molar-refractivity contribution in [2.24, 2.45) is 5.10 Å². The van der Waals surface area contributed by atoms with Crippen molar-refractivity contribution in [3.05, 3.63) is 35.9 Å². The van der Waals surface area contributed by atoms with Gasteiger partial charge < -0.3 is 19.3 Å². The Morgan fingerprint density at radius 2 is 1.37 bits per heavy atom. The Morgan fingerprint density at radius 1 is 0.815 bits per heavy atom. The molecular formula is C18H23N7O2. The fourth-order valence-electron chi connectivity index (χ4n) is 2.92. The van der Waals surface area contributed by atoms with E-state index in [0.29, 0.717) is 44.3 Å². The van der Waals surface area contributed by atoms with Crippen molar-refractivity contribution in [1.29, 1.82) is 0 Å². The third-order valence-corrected chi connectivity index (χ3v) is 4.38. The first-order chi connectivity index (χ1) is 13.4. The second-order valence-electron chi connectivity index (χ2n) is 6.24. The number of ether oxygens (including phenoxy) is 2. The molecule has 1 aromatic heterocycles. The molecule has 2 aliphatic rings. The monoisotopic (exact) mass is 369 g/mol. The summed E-state index contributed by atoms with van der Waals surface area (Å²) in [7, 11) is 0. The summed E-state index contributed by atoms with van der Waals surface area (Å²) in [5, 5.41) is 4.27. The van der Waals surface area contributed by atoms with Gasteiger partial charge in [0.2, 0.25) is 17.8 Å². The summed E-state index contributed by atoms with van der Waals surface area (Å²) in [6, 6.07) is 9.88. The molecule has 2 aliphatic heterocycles. The van der Waals surface area contributed by atoms with Gasteiger partial charge in [-0.1, -0.05) is 30.3 Å². The molecule has 0 amide bonds. The van der Waals surface area contributed by atoms with Gasteiger partial charge in [0.25, 0.3) is 0 Å². The van der Waals surface area contributed by atoms with Crippen molar-refractivity contribution >= 4 is 24.1 Å². The van der Waals surface area contributed by atoms with Gasteiger partial charge in [-0.3, -0.25) is 0 Å². The van der Waals surface area contributed by atoms with Gasteiger partial charge in [0.1, 0.15) is 0 Å². The Morgan fingerprint density at radius 3 is 1.93 bits per heavy atom. The quantitative estimate of drug-likeness (QED) is 0.617. The van der Waals surface area contributed by atoms with Crippen LogP contribution in [0.25, 0.3) is 0 Å². The summed E-state index contributed by atoms with van der Waals surface area (Å²) < 4.78 is 10.9. The van der Waals surface area contributed by atoms with Crippen molar-refractivity contribution < 1.29 is 9.47 Å². The number of hydrogen-bond donors (Lipinski definition) is 1. The first-order valence-electron chi connectivity index (χ1n) is 9.14. The zero-order chi connectivity index (χ0) is 18.3. The third-order valence-electron chi connectivity index (χ3n) is 4.38. The molecule has 0 spiro atoms. The summed E-state index contributed by atoms with van der Waals surface area (Å²) in [5.41, 5.74) is 3.94. The summed E-state index contributed by atoms with van der Waals surface area (Å²) in [6.45, 7) is 5.75. The predicted molar refractivity (Wildman–Crippen MR) is 104 cm³/mol. The zero-order valence-electron chi connectivity index (χ0n) is 15.1. The molecule has 1 aromatic carbocycles. The molecule has 142 valence electrons. The van der Waals surface area contributed by atoms with Crippen LogP contribution >= 0.6 is 0 Å². The van der Waals surface area contributed by atoms with Crippen LogP contribution in [0, 0.1) is 0 Å². The number of benzene rings is 1. The molecule has 27 heavy (non-hydrogen) atoms. The average molecular weight is 369 g/mol. The van der Waals surface area contributed by atoms with E-state index in [0.717, 1.165) is 31.7 Å². The highest BCUT2D eigenvalue weighted by molar-refractivity contribution is 5.79. The minimum absolute atomic E-state index is 0.431. The smallest absolute Gasteiger partial charge is 0.250 e. The Kier molecular flexibility index (Phi) is 5.70. The molecule has 3 heterocycles. The molecule has 2 aromatic rings. The zero-order valence-corrected chi connectivity index (χ0v) is 15.1. The normalized spacial score (nSPS) is 18.1. The van der Waals surface area contributed by atoms with E-state index in [1.165, 1.54) is 0 Å². The Bertz CT molecular complexity index is 723. The van der Waals surface area contributed by atoms with Crippen LogP contribution < -0.4 is 15.2 Å². The van der Waals surface area contributed by atoms with E-state index in [1.807, 2.05) is 30.3 Å². The predicted octanol–water partition coefficient (Wildman–Crippen LogP) is 0.991. The Balaban J connectivity index is 1.55. The summed E-state index contributed by atoms with van der Waals surface area (Å²) >= 11 is 0. The molecule has 0 unspecified atom stereocenters. The highest BCUT2D eigenvalue weighted by atomic mass is 16.5. The molecule has 0 aliphatic carbocycles. The van der Waals surface area contributed by atoms with E-state index in [1.54, 1.807) is 6.21 Å². The maximum absolute atomic E-state index is 5.43. The SMILES string of the molecule is C(=N/Nc1nc(N2CCOCC2)nc(N2CCOCC2)n1)/c1ccccc1. The van der Waals surface area contributed by atoms with Gasteiger partial charge >= 0.3 is 0 Å². The molecule has 2 fully saturated rings. The second-order valence-corrected chi connectivity index (χ2v) is 6.24. The lowest BCUT2D eigenvalue weighted by atomic mass is 10.2. The largest absolute Gasteiger partial charge is 0.378 e. The maximum atomic E-state index is 5.43. The molecule has 0 bridgehead atoms. The fourth-order valence-corrected chi connectivity index (χ4v) is 2.92. The van der Waals surface area contributed by atoms with Crippen LogP contribution in [0.1, 0.15) is 5.56 Å². The highest BCUT2D eigenvalue weighted by Crippen LogP contribution is 2.18. The molecular weight excluding hydrogens is 346 g/mol. The van der Waals surface area contributed by atoms with Crippen molar-refractivity contribution in [2.75, 3.05) is 67.8 Å². The van der Waals surface area contributed by atoms with Crippen LogP contribution in [0.3, 0.4) is 0 Å².